The molecular weight excluding hydrogens is 168 g/mol. The van der Waals surface area contributed by atoms with Crippen molar-refractivity contribution >= 4 is 0 Å². The molecule has 76 valence electrons. The zero-order valence-electron chi connectivity index (χ0n) is 9.29. The van der Waals surface area contributed by atoms with Crippen molar-refractivity contribution in [2.75, 3.05) is 0 Å². The van der Waals surface area contributed by atoms with Crippen molar-refractivity contribution in [1.29, 1.82) is 0 Å². The average Bonchev–Trinajstić information content (AvgIpc) is 2.21. The van der Waals surface area contributed by atoms with Crippen LogP contribution in [0.3, 0.4) is 0 Å². The van der Waals surface area contributed by atoms with Gasteiger partial charge in [0.2, 0.25) is 0 Å². The summed E-state index contributed by atoms with van der Waals surface area (Å²) in [6.07, 6.45) is 9.47. The summed E-state index contributed by atoms with van der Waals surface area (Å²) in [6.45, 7) is 4.36. The molecule has 0 N–H and O–H groups in total. The third-order valence-electron chi connectivity index (χ3n) is 2.37. The van der Waals surface area contributed by atoms with Crippen molar-refractivity contribution in [2.45, 2.75) is 39.5 Å². The van der Waals surface area contributed by atoms with Gasteiger partial charge in [-0.05, 0) is 25.3 Å². The highest BCUT2D eigenvalue weighted by atomic mass is 13.9. The Morgan fingerprint density at radius 3 is 2.43 bits per heavy atom. The molecule has 0 atom stereocenters. The SMILES string of the molecule is CCCC/C=C/Cc1ccc(C)cc1. The molecule has 0 aromatic heterocycles. The fraction of sp³-hybridized carbons (Fsp3) is 0.429. The number of allylic oxidation sites excluding steroid dienone is 2. The largest absolute Gasteiger partial charge is 0.0882 e. The molecule has 0 aliphatic carbocycles. The van der Waals surface area contributed by atoms with E-state index in [-0.39, 0.29) is 0 Å². The van der Waals surface area contributed by atoms with Crippen molar-refractivity contribution in [3.05, 3.63) is 47.5 Å². The first-order valence-electron chi connectivity index (χ1n) is 5.53. The smallest absolute Gasteiger partial charge is 0.00975 e. The first-order valence-corrected chi connectivity index (χ1v) is 5.53. The van der Waals surface area contributed by atoms with Crippen LogP contribution in [0.15, 0.2) is 36.4 Å². The Kier molecular flexibility index (Phi) is 5.06. The molecule has 0 heteroatoms. The zero-order valence-corrected chi connectivity index (χ0v) is 9.29. The van der Waals surface area contributed by atoms with E-state index < -0.39 is 0 Å². The fourth-order valence-corrected chi connectivity index (χ4v) is 1.38. The first-order chi connectivity index (χ1) is 6.83. The Bertz CT molecular complexity index is 267. The Balaban J connectivity index is 2.30. The third-order valence-corrected chi connectivity index (χ3v) is 2.37. The van der Waals surface area contributed by atoms with E-state index in [2.05, 4.69) is 50.3 Å². The number of rotatable bonds is 5. The van der Waals surface area contributed by atoms with Crippen molar-refractivity contribution in [2.24, 2.45) is 0 Å². The van der Waals surface area contributed by atoms with Gasteiger partial charge in [0.05, 0.1) is 0 Å². The normalized spacial score (nSPS) is 11.0. The summed E-state index contributed by atoms with van der Waals surface area (Å²) in [6, 6.07) is 8.77. The molecule has 0 nitrogen and oxygen atoms in total. The molecular formula is C14H20. The second-order valence-electron chi connectivity index (χ2n) is 3.80. The van der Waals surface area contributed by atoms with Gasteiger partial charge in [0.25, 0.3) is 0 Å². The molecule has 0 bridgehead atoms. The molecule has 0 unspecified atom stereocenters. The maximum atomic E-state index is 2.29. The van der Waals surface area contributed by atoms with E-state index in [0.717, 1.165) is 6.42 Å². The summed E-state index contributed by atoms with van der Waals surface area (Å²) in [5, 5.41) is 0. The summed E-state index contributed by atoms with van der Waals surface area (Å²) in [5.41, 5.74) is 2.74. The van der Waals surface area contributed by atoms with Crippen LogP contribution in [-0.2, 0) is 6.42 Å². The topological polar surface area (TPSA) is 0 Å². The first kappa shape index (κ1) is 11.0. The molecule has 0 fully saturated rings. The summed E-state index contributed by atoms with van der Waals surface area (Å²) < 4.78 is 0. The maximum Gasteiger partial charge on any atom is -0.00975 e. The van der Waals surface area contributed by atoms with Gasteiger partial charge in [0, 0.05) is 0 Å². The lowest BCUT2D eigenvalue weighted by molar-refractivity contribution is 0.813. The Labute approximate surface area is 87.7 Å². The number of hydrogen-bond acceptors (Lipinski definition) is 0. The van der Waals surface area contributed by atoms with Crippen LogP contribution in [0.1, 0.15) is 37.3 Å². The van der Waals surface area contributed by atoms with E-state index in [1.54, 1.807) is 0 Å². The van der Waals surface area contributed by atoms with Crippen LogP contribution in [0.25, 0.3) is 0 Å². The molecule has 14 heavy (non-hydrogen) atoms. The minimum Gasteiger partial charge on any atom is -0.0882 e. The Morgan fingerprint density at radius 2 is 1.79 bits per heavy atom. The summed E-state index contributed by atoms with van der Waals surface area (Å²) >= 11 is 0. The summed E-state index contributed by atoms with van der Waals surface area (Å²) in [4.78, 5) is 0. The van der Waals surface area contributed by atoms with Gasteiger partial charge in [-0.3, -0.25) is 0 Å². The van der Waals surface area contributed by atoms with Gasteiger partial charge >= 0.3 is 0 Å². The molecule has 0 radical (unpaired) electrons. The lowest BCUT2D eigenvalue weighted by Gasteiger charge is -1.97. The van der Waals surface area contributed by atoms with E-state index in [4.69, 9.17) is 0 Å². The number of aryl methyl sites for hydroxylation is 1. The molecule has 0 heterocycles. The highest BCUT2D eigenvalue weighted by Gasteiger charge is 1.88. The van der Waals surface area contributed by atoms with Crippen LogP contribution in [0.2, 0.25) is 0 Å². The van der Waals surface area contributed by atoms with E-state index in [1.165, 1.54) is 30.4 Å². The molecule has 0 aliphatic heterocycles. The summed E-state index contributed by atoms with van der Waals surface area (Å²) in [7, 11) is 0. The van der Waals surface area contributed by atoms with E-state index in [0.29, 0.717) is 0 Å². The van der Waals surface area contributed by atoms with Crippen LogP contribution in [-0.4, -0.2) is 0 Å². The van der Waals surface area contributed by atoms with Crippen LogP contribution in [0, 0.1) is 6.92 Å². The molecule has 1 aromatic carbocycles. The minimum absolute atomic E-state index is 1.07. The predicted molar refractivity (Wildman–Crippen MR) is 63.5 cm³/mol. The Morgan fingerprint density at radius 1 is 1.07 bits per heavy atom. The van der Waals surface area contributed by atoms with Crippen molar-refractivity contribution in [1.82, 2.24) is 0 Å². The van der Waals surface area contributed by atoms with Crippen LogP contribution in [0.5, 0.6) is 0 Å². The maximum absolute atomic E-state index is 2.29. The lowest BCUT2D eigenvalue weighted by Crippen LogP contribution is -1.80. The molecule has 0 aliphatic rings. The van der Waals surface area contributed by atoms with Gasteiger partial charge in [-0.1, -0.05) is 61.7 Å². The fourth-order valence-electron chi connectivity index (χ4n) is 1.38. The molecule has 1 aromatic rings. The highest BCUT2D eigenvalue weighted by Crippen LogP contribution is 2.05. The second-order valence-corrected chi connectivity index (χ2v) is 3.80. The van der Waals surface area contributed by atoms with Gasteiger partial charge in [-0.25, -0.2) is 0 Å². The molecule has 0 amide bonds. The molecule has 0 spiro atoms. The molecule has 0 saturated heterocycles. The second kappa shape index (κ2) is 6.42. The Hall–Kier alpha value is -1.04. The third kappa shape index (κ3) is 4.27. The summed E-state index contributed by atoms with van der Waals surface area (Å²) in [5.74, 6) is 0. The molecule has 1 rings (SSSR count). The van der Waals surface area contributed by atoms with Crippen LogP contribution in [0.4, 0.5) is 0 Å². The van der Waals surface area contributed by atoms with Crippen LogP contribution < -0.4 is 0 Å². The predicted octanol–water partition coefficient (Wildman–Crippen LogP) is 4.28. The number of unbranched alkanes of at least 4 members (excludes halogenated alkanes) is 2. The average molecular weight is 188 g/mol. The standard InChI is InChI=1S/C14H20/c1-3-4-5-6-7-8-14-11-9-13(2)10-12-14/h6-7,9-12H,3-5,8H2,1-2H3/b7-6+. The van der Waals surface area contributed by atoms with Gasteiger partial charge < -0.3 is 0 Å². The quantitative estimate of drug-likeness (QED) is 0.478. The molecule has 0 saturated carbocycles. The lowest BCUT2D eigenvalue weighted by atomic mass is 10.1. The van der Waals surface area contributed by atoms with Gasteiger partial charge in [0.15, 0.2) is 0 Å². The number of hydrogen-bond donors (Lipinski definition) is 0. The van der Waals surface area contributed by atoms with Crippen LogP contribution >= 0.6 is 0 Å². The van der Waals surface area contributed by atoms with Crippen molar-refractivity contribution < 1.29 is 0 Å². The van der Waals surface area contributed by atoms with Gasteiger partial charge in [0.1, 0.15) is 0 Å². The van der Waals surface area contributed by atoms with E-state index in [1.807, 2.05) is 0 Å². The van der Waals surface area contributed by atoms with Gasteiger partial charge in [-0.2, -0.15) is 0 Å². The van der Waals surface area contributed by atoms with E-state index >= 15 is 0 Å². The minimum atomic E-state index is 1.07. The van der Waals surface area contributed by atoms with Gasteiger partial charge in [-0.15, -0.1) is 0 Å². The highest BCUT2D eigenvalue weighted by molar-refractivity contribution is 5.22. The van der Waals surface area contributed by atoms with Crippen molar-refractivity contribution in [3.8, 4) is 0 Å². The number of benzene rings is 1. The van der Waals surface area contributed by atoms with E-state index in [9.17, 15) is 0 Å². The monoisotopic (exact) mass is 188 g/mol. The van der Waals surface area contributed by atoms with Crippen molar-refractivity contribution in [3.63, 3.8) is 0 Å². The zero-order chi connectivity index (χ0) is 10.2.